The van der Waals surface area contributed by atoms with Gasteiger partial charge in [0.15, 0.2) is 0 Å². The Kier molecular flexibility index (Phi) is 18.2. The lowest BCUT2D eigenvalue weighted by Gasteiger charge is -2.26. The fourth-order valence-electron chi connectivity index (χ4n) is 4.00. The number of esters is 2. The van der Waals surface area contributed by atoms with Crippen LogP contribution in [0.5, 0.6) is 0 Å². The largest absolute Gasteiger partial charge is 0.435 e. The summed E-state index contributed by atoms with van der Waals surface area (Å²) in [5, 5.41) is 0. The first-order valence-electron chi connectivity index (χ1n) is 12.5. The summed E-state index contributed by atoms with van der Waals surface area (Å²) in [6.45, 7) is 12.7. The molecule has 0 rings (SSSR count). The van der Waals surface area contributed by atoms with E-state index in [0.29, 0.717) is 6.42 Å². The molecule has 0 saturated carbocycles. The number of unbranched alkanes of at least 4 members (excludes halogenated alkanes) is 13. The van der Waals surface area contributed by atoms with Gasteiger partial charge in [-0.1, -0.05) is 110 Å². The maximum Gasteiger partial charge on any atom is 0.316 e. The van der Waals surface area contributed by atoms with Crippen LogP contribution in [-0.4, -0.2) is 11.9 Å². The molecule has 0 aliphatic rings. The molecule has 0 fully saturated rings. The average Bonchev–Trinajstić information content (AvgIpc) is 2.73. The molecule has 0 radical (unpaired) electrons. The molecule has 1 unspecified atom stereocenters. The summed E-state index contributed by atoms with van der Waals surface area (Å²) in [5.41, 5.74) is -0.769. The van der Waals surface area contributed by atoms with E-state index in [1.807, 2.05) is 0 Å². The number of hydrogen-bond donors (Lipinski definition) is 0. The van der Waals surface area contributed by atoms with Crippen molar-refractivity contribution in [2.45, 2.75) is 124 Å². The Morgan fingerprint density at radius 1 is 0.742 bits per heavy atom. The van der Waals surface area contributed by atoms with Crippen molar-refractivity contribution in [1.82, 2.24) is 0 Å². The topological polar surface area (TPSA) is 52.6 Å². The van der Waals surface area contributed by atoms with E-state index in [2.05, 4.69) is 20.1 Å². The highest BCUT2D eigenvalue weighted by Gasteiger charge is 2.35. The first-order valence-corrected chi connectivity index (χ1v) is 12.5. The van der Waals surface area contributed by atoms with E-state index in [1.165, 1.54) is 77.0 Å². The van der Waals surface area contributed by atoms with Gasteiger partial charge >= 0.3 is 11.9 Å². The molecule has 0 N–H and O–H groups in total. The van der Waals surface area contributed by atoms with Crippen LogP contribution in [0.15, 0.2) is 25.7 Å². The first-order chi connectivity index (χ1) is 14.9. The van der Waals surface area contributed by atoms with Gasteiger partial charge in [0.05, 0.1) is 23.9 Å². The van der Waals surface area contributed by atoms with Crippen LogP contribution < -0.4 is 0 Å². The summed E-state index contributed by atoms with van der Waals surface area (Å²) in [6.07, 6.45) is 21.6. The Morgan fingerprint density at radius 3 is 1.58 bits per heavy atom. The maximum atomic E-state index is 12.3. The summed E-state index contributed by atoms with van der Waals surface area (Å²) in [4.78, 5) is 24.4. The highest BCUT2D eigenvalue weighted by Crippen LogP contribution is 2.31. The van der Waals surface area contributed by atoms with Crippen molar-refractivity contribution in [3.05, 3.63) is 25.7 Å². The lowest BCUT2D eigenvalue weighted by atomic mass is 9.80. The van der Waals surface area contributed by atoms with E-state index in [0.717, 1.165) is 31.8 Å². The minimum atomic E-state index is -0.769. The van der Waals surface area contributed by atoms with Gasteiger partial charge in [-0.15, -0.1) is 0 Å². The number of ether oxygens (including phenoxy) is 2. The van der Waals surface area contributed by atoms with Crippen LogP contribution in [0, 0.1) is 11.3 Å². The lowest BCUT2D eigenvalue weighted by molar-refractivity contribution is -0.151. The van der Waals surface area contributed by atoms with E-state index in [-0.39, 0.29) is 17.9 Å². The van der Waals surface area contributed by atoms with Crippen molar-refractivity contribution in [1.29, 1.82) is 0 Å². The Labute approximate surface area is 191 Å². The zero-order valence-corrected chi connectivity index (χ0v) is 20.6. The third-order valence-corrected chi connectivity index (χ3v) is 5.94. The monoisotopic (exact) mass is 436 g/mol. The van der Waals surface area contributed by atoms with Crippen LogP contribution in [0.2, 0.25) is 0 Å². The van der Waals surface area contributed by atoms with Crippen LogP contribution in [0.3, 0.4) is 0 Å². The van der Waals surface area contributed by atoms with Crippen LogP contribution in [0.4, 0.5) is 0 Å². The summed E-state index contributed by atoms with van der Waals surface area (Å²) in [6, 6.07) is 0. The van der Waals surface area contributed by atoms with E-state index in [9.17, 15) is 9.59 Å². The number of hydrogen-bond acceptors (Lipinski definition) is 4. The van der Waals surface area contributed by atoms with Gasteiger partial charge in [0.2, 0.25) is 0 Å². The van der Waals surface area contributed by atoms with Crippen LogP contribution >= 0.6 is 0 Å². The van der Waals surface area contributed by atoms with Gasteiger partial charge in [0.1, 0.15) is 0 Å². The van der Waals surface area contributed by atoms with E-state index >= 15 is 0 Å². The summed E-state index contributed by atoms with van der Waals surface area (Å²) in [7, 11) is 0. The van der Waals surface area contributed by atoms with Crippen molar-refractivity contribution in [2.24, 2.45) is 11.3 Å². The molecular weight excluding hydrogens is 388 g/mol. The number of carbonyl (C=O) groups excluding carboxylic acids is 2. The van der Waals surface area contributed by atoms with Gasteiger partial charge in [0.25, 0.3) is 0 Å². The quantitative estimate of drug-likeness (QED) is 0.103. The third kappa shape index (κ3) is 15.8. The van der Waals surface area contributed by atoms with E-state index in [4.69, 9.17) is 9.47 Å². The highest BCUT2D eigenvalue weighted by molar-refractivity contribution is 5.78. The second-order valence-corrected chi connectivity index (χ2v) is 9.35. The van der Waals surface area contributed by atoms with Gasteiger partial charge in [-0.2, -0.15) is 0 Å². The smallest absolute Gasteiger partial charge is 0.316 e. The molecule has 4 nitrogen and oxygen atoms in total. The van der Waals surface area contributed by atoms with Gasteiger partial charge in [-0.05, 0) is 26.7 Å². The van der Waals surface area contributed by atoms with E-state index in [1.54, 1.807) is 13.8 Å². The molecule has 31 heavy (non-hydrogen) atoms. The lowest BCUT2D eigenvalue weighted by Crippen LogP contribution is -2.31. The van der Waals surface area contributed by atoms with Crippen LogP contribution in [-0.2, 0) is 19.1 Å². The molecule has 0 aromatic heterocycles. The van der Waals surface area contributed by atoms with Gasteiger partial charge < -0.3 is 9.47 Å². The molecule has 0 saturated heterocycles. The second-order valence-electron chi connectivity index (χ2n) is 9.35. The molecule has 0 aromatic rings. The molecule has 180 valence electrons. The second kappa shape index (κ2) is 19.1. The highest BCUT2D eigenvalue weighted by atomic mass is 16.5. The molecule has 0 bridgehead atoms. The van der Waals surface area contributed by atoms with Gasteiger partial charge in [-0.3, -0.25) is 9.59 Å². The van der Waals surface area contributed by atoms with Gasteiger partial charge in [-0.25, -0.2) is 0 Å². The minimum absolute atomic E-state index is 0.316. The normalized spacial score (nSPS) is 12.2. The van der Waals surface area contributed by atoms with Crippen LogP contribution in [0.25, 0.3) is 0 Å². The predicted octanol–water partition coefficient (Wildman–Crippen LogP) is 8.26. The fraction of sp³-hybridized carbons (Fsp3) is 0.778. The van der Waals surface area contributed by atoms with Gasteiger partial charge in [0, 0.05) is 0 Å². The fourth-order valence-corrected chi connectivity index (χ4v) is 4.00. The van der Waals surface area contributed by atoms with Crippen molar-refractivity contribution < 1.29 is 19.1 Å². The standard InChI is InChI=1S/C27H48O4/c1-6-9-10-11-12-13-14-15-16-17-18-19-20-21-22-24(25(28)30-7-2)23-27(4,5)26(29)31-8-3/h7-8,24H,2-3,6,9-23H2,1,4-5H3. The van der Waals surface area contributed by atoms with Crippen molar-refractivity contribution in [3.8, 4) is 0 Å². The molecule has 4 heteroatoms. The Morgan fingerprint density at radius 2 is 1.16 bits per heavy atom. The summed E-state index contributed by atoms with van der Waals surface area (Å²) < 4.78 is 9.94. The molecular formula is C27H48O4. The molecule has 0 spiro atoms. The Hall–Kier alpha value is -1.58. The van der Waals surface area contributed by atoms with Crippen LogP contribution in [0.1, 0.15) is 124 Å². The molecule has 0 aliphatic carbocycles. The average molecular weight is 437 g/mol. The number of rotatable bonds is 21. The zero-order valence-electron chi connectivity index (χ0n) is 20.6. The van der Waals surface area contributed by atoms with Crippen molar-refractivity contribution in [3.63, 3.8) is 0 Å². The Bertz CT molecular complexity index is 495. The number of carbonyl (C=O) groups is 2. The summed E-state index contributed by atoms with van der Waals surface area (Å²) >= 11 is 0. The molecule has 0 amide bonds. The molecule has 0 aromatic carbocycles. The molecule has 0 heterocycles. The third-order valence-electron chi connectivity index (χ3n) is 5.94. The molecule has 1 atom stereocenters. The Balaban J connectivity index is 3.98. The first kappa shape index (κ1) is 29.4. The minimum Gasteiger partial charge on any atom is -0.435 e. The predicted molar refractivity (Wildman–Crippen MR) is 129 cm³/mol. The molecule has 0 aliphatic heterocycles. The van der Waals surface area contributed by atoms with E-state index < -0.39 is 5.41 Å². The zero-order chi connectivity index (χ0) is 23.4. The van der Waals surface area contributed by atoms with Crippen molar-refractivity contribution >= 4 is 11.9 Å². The maximum absolute atomic E-state index is 12.3. The SMILES string of the molecule is C=COC(=O)C(CCCCCCCCCCCCCCCC)CC(C)(C)C(=O)OC=C. The summed E-state index contributed by atoms with van der Waals surface area (Å²) in [5.74, 6) is -1.02. The van der Waals surface area contributed by atoms with Crippen molar-refractivity contribution in [2.75, 3.05) is 0 Å².